The lowest BCUT2D eigenvalue weighted by Crippen LogP contribution is -2.54. The van der Waals surface area contributed by atoms with Crippen LogP contribution < -0.4 is 10.5 Å². The van der Waals surface area contributed by atoms with Gasteiger partial charge in [0.05, 0.1) is 18.4 Å². The van der Waals surface area contributed by atoms with Crippen LogP contribution in [0.25, 0.3) is 0 Å². The smallest absolute Gasteiger partial charge is 0.229 e. The molecule has 4 nitrogen and oxygen atoms in total. The van der Waals surface area contributed by atoms with Gasteiger partial charge in [0, 0.05) is 6.42 Å². The van der Waals surface area contributed by atoms with E-state index < -0.39 is 17.2 Å². The van der Waals surface area contributed by atoms with Gasteiger partial charge in [0.1, 0.15) is 11.5 Å². The first kappa shape index (κ1) is 18.2. The normalized spacial score (nSPS) is 22.2. The molecule has 0 saturated heterocycles. The van der Waals surface area contributed by atoms with Crippen LogP contribution in [-0.2, 0) is 15.0 Å². The number of ether oxygens (including phenoxy) is 1. The third-order valence-electron chi connectivity index (χ3n) is 5.09. The zero-order valence-electron chi connectivity index (χ0n) is 15.1. The maximum Gasteiger partial charge on any atom is 0.229 e. The molecule has 0 bridgehead atoms. The Morgan fingerprint density at radius 3 is 2.29 bits per heavy atom. The molecule has 1 aromatic rings. The second kappa shape index (κ2) is 6.42. The van der Waals surface area contributed by atoms with E-state index in [0.29, 0.717) is 12.2 Å². The SMILES string of the molecule is COc1ccc(C(C(N)=O)(C(C)C)C2C=CC(C)(C)CC2=O)cc1. The lowest BCUT2D eigenvalue weighted by molar-refractivity contribution is -0.135. The largest absolute Gasteiger partial charge is 0.497 e. The Kier molecular flexibility index (Phi) is 4.88. The van der Waals surface area contributed by atoms with Gasteiger partial charge in [0.15, 0.2) is 0 Å². The van der Waals surface area contributed by atoms with Gasteiger partial charge in [-0.15, -0.1) is 0 Å². The first-order valence-electron chi connectivity index (χ1n) is 8.31. The number of methoxy groups -OCH3 is 1. The average molecular weight is 329 g/mol. The number of nitrogens with two attached hydrogens (primary N) is 1. The number of ketones is 1. The standard InChI is InChI=1S/C20H27NO3/c1-13(2)20(18(21)23,14-6-8-15(24-5)9-7-14)16-10-11-19(3,4)12-17(16)22/h6-11,13,16H,12H2,1-5H3,(H2,21,23). The zero-order valence-corrected chi connectivity index (χ0v) is 15.1. The summed E-state index contributed by atoms with van der Waals surface area (Å²) in [5.74, 6) is -0.372. The molecule has 0 radical (unpaired) electrons. The van der Waals surface area contributed by atoms with E-state index in [1.807, 2.05) is 52.0 Å². The number of hydrogen-bond donors (Lipinski definition) is 1. The van der Waals surface area contributed by atoms with E-state index in [1.54, 1.807) is 19.2 Å². The minimum Gasteiger partial charge on any atom is -0.497 e. The molecule has 1 amide bonds. The summed E-state index contributed by atoms with van der Waals surface area (Å²) in [5.41, 5.74) is 5.39. The van der Waals surface area contributed by atoms with E-state index in [-0.39, 0.29) is 17.1 Å². The summed E-state index contributed by atoms with van der Waals surface area (Å²) >= 11 is 0. The molecule has 24 heavy (non-hydrogen) atoms. The second-order valence-corrected chi connectivity index (χ2v) is 7.58. The highest BCUT2D eigenvalue weighted by molar-refractivity contribution is 5.97. The lowest BCUT2D eigenvalue weighted by Gasteiger charge is -2.43. The van der Waals surface area contributed by atoms with Gasteiger partial charge in [0.25, 0.3) is 0 Å². The number of carbonyl (C=O) groups excluding carboxylic acids is 2. The van der Waals surface area contributed by atoms with Crippen molar-refractivity contribution in [3.63, 3.8) is 0 Å². The van der Waals surface area contributed by atoms with E-state index in [0.717, 1.165) is 5.56 Å². The van der Waals surface area contributed by atoms with E-state index in [9.17, 15) is 9.59 Å². The molecule has 2 rings (SSSR count). The molecule has 1 aromatic carbocycles. The Balaban J connectivity index is 2.63. The highest BCUT2D eigenvalue weighted by atomic mass is 16.5. The van der Waals surface area contributed by atoms with E-state index >= 15 is 0 Å². The molecule has 130 valence electrons. The first-order chi connectivity index (χ1) is 11.1. The quantitative estimate of drug-likeness (QED) is 0.843. The Bertz CT molecular complexity index is 658. The van der Waals surface area contributed by atoms with Crippen LogP contribution in [0.3, 0.4) is 0 Å². The molecule has 0 spiro atoms. The summed E-state index contributed by atoms with van der Waals surface area (Å²) in [6.07, 6.45) is 4.32. The highest BCUT2D eigenvalue weighted by Gasteiger charge is 2.51. The Morgan fingerprint density at radius 2 is 1.88 bits per heavy atom. The lowest BCUT2D eigenvalue weighted by atomic mass is 9.58. The Labute approximate surface area is 144 Å². The van der Waals surface area contributed by atoms with Gasteiger partial charge in [-0.2, -0.15) is 0 Å². The number of hydrogen-bond acceptors (Lipinski definition) is 3. The fourth-order valence-electron chi connectivity index (χ4n) is 3.81. The van der Waals surface area contributed by atoms with Crippen molar-refractivity contribution in [1.29, 1.82) is 0 Å². The molecule has 2 N–H and O–H groups in total. The summed E-state index contributed by atoms with van der Waals surface area (Å²) < 4.78 is 5.20. The number of rotatable bonds is 5. The fourth-order valence-corrected chi connectivity index (χ4v) is 3.81. The van der Waals surface area contributed by atoms with E-state index in [1.165, 1.54) is 0 Å². The molecule has 0 fully saturated rings. The first-order valence-corrected chi connectivity index (χ1v) is 8.31. The van der Waals surface area contributed by atoms with Crippen LogP contribution in [-0.4, -0.2) is 18.8 Å². The topological polar surface area (TPSA) is 69.4 Å². The molecular weight excluding hydrogens is 302 g/mol. The molecule has 0 heterocycles. The highest BCUT2D eigenvalue weighted by Crippen LogP contribution is 2.45. The van der Waals surface area contributed by atoms with Crippen molar-refractivity contribution < 1.29 is 14.3 Å². The van der Waals surface area contributed by atoms with Crippen molar-refractivity contribution in [1.82, 2.24) is 0 Å². The molecule has 0 aromatic heterocycles. The molecule has 0 aliphatic heterocycles. The van der Waals surface area contributed by atoms with Crippen molar-refractivity contribution in [2.75, 3.05) is 7.11 Å². The van der Waals surface area contributed by atoms with Crippen LogP contribution in [0.15, 0.2) is 36.4 Å². The number of Topliss-reactive ketones (excluding diaryl/α,β-unsaturated/α-hetero) is 1. The van der Waals surface area contributed by atoms with Gasteiger partial charge in [-0.1, -0.05) is 52.0 Å². The molecule has 2 unspecified atom stereocenters. The number of carbonyl (C=O) groups is 2. The third-order valence-corrected chi connectivity index (χ3v) is 5.09. The van der Waals surface area contributed by atoms with Crippen molar-refractivity contribution in [3.05, 3.63) is 42.0 Å². The van der Waals surface area contributed by atoms with Crippen molar-refractivity contribution in [3.8, 4) is 5.75 Å². The van der Waals surface area contributed by atoms with Crippen LogP contribution in [0.5, 0.6) is 5.75 Å². The predicted molar refractivity (Wildman–Crippen MR) is 94.7 cm³/mol. The number of benzene rings is 1. The summed E-state index contributed by atoms with van der Waals surface area (Å²) in [4.78, 5) is 25.5. The van der Waals surface area contributed by atoms with Crippen LogP contribution in [0.4, 0.5) is 0 Å². The monoisotopic (exact) mass is 329 g/mol. The zero-order chi connectivity index (χ0) is 18.1. The maximum absolute atomic E-state index is 12.9. The maximum atomic E-state index is 12.9. The average Bonchev–Trinajstić information content (AvgIpc) is 2.49. The van der Waals surface area contributed by atoms with Gasteiger partial charge < -0.3 is 10.5 Å². The minimum atomic E-state index is -1.06. The number of amides is 1. The third kappa shape index (κ3) is 2.97. The fraction of sp³-hybridized carbons (Fsp3) is 0.500. The summed E-state index contributed by atoms with van der Waals surface area (Å²) in [7, 11) is 1.59. The molecule has 4 heteroatoms. The Morgan fingerprint density at radius 1 is 1.29 bits per heavy atom. The van der Waals surface area contributed by atoms with E-state index in [4.69, 9.17) is 10.5 Å². The molecule has 1 aliphatic carbocycles. The predicted octanol–water partition coefficient (Wildman–Crippen LogP) is 3.25. The van der Waals surface area contributed by atoms with Gasteiger partial charge in [-0.3, -0.25) is 9.59 Å². The summed E-state index contributed by atoms with van der Waals surface area (Å²) in [6.45, 7) is 7.92. The summed E-state index contributed by atoms with van der Waals surface area (Å²) in [6, 6.07) is 7.28. The number of primary amides is 1. The van der Waals surface area contributed by atoms with Gasteiger partial charge in [-0.05, 0) is 29.0 Å². The van der Waals surface area contributed by atoms with Crippen molar-refractivity contribution in [2.45, 2.75) is 39.5 Å². The molecular formula is C20H27NO3. The second-order valence-electron chi connectivity index (χ2n) is 7.58. The van der Waals surface area contributed by atoms with Crippen LogP contribution in [0.1, 0.15) is 39.7 Å². The molecule has 2 atom stereocenters. The minimum absolute atomic E-state index is 0.0609. The molecule has 0 saturated carbocycles. The van der Waals surface area contributed by atoms with Crippen LogP contribution >= 0.6 is 0 Å². The van der Waals surface area contributed by atoms with E-state index in [2.05, 4.69) is 0 Å². The van der Waals surface area contributed by atoms with Crippen molar-refractivity contribution in [2.24, 2.45) is 23.0 Å². The van der Waals surface area contributed by atoms with Crippen molar-refractivity contribution >= 4 is 11.7 Å². The molecule has 1 aliphatic rings. The van der Waals surface area contributed by atoms with Crippen LogP contribution in [0, 0.1) is 17.3 Å². The van der Waals surface area contributed by atoms with Crippen LogP contribution in [0.2, 0.25) is 0 Å². The number of allylic oxidation sites excluding steroid dienone is 2. The Hall–Kier alpha value is -2.10. The van der Waals surface area contributed by atoms with Gasteiger partial charge in [0.2, 0.25) is 5.91 Å². The summed E-state index contributed by atoms with van der Waals surface area (Å²) in [5, 5.41) is 0. The van der Waals surface area contributed by atoms with Gasteiger partial charge >= 0.3 is 0 Å². The van der Waals surface area contributed by atoms with Gasteiger partial charge in [-0.25, -0.2) is 0 Å².